The number of aliphatic hydroxyl groups is 1. The van der Waals surface area contributed by atoms with Gasteiger partial charge in [0.25, 0.3) is 11.8 Å². The van der Waals surface area contributed by atoms with E-state index >= 15 is 4.79 Å². The second-order valence-corrected chi connectivity index (χ2v) is 24.9. The number of para-hydroxylation sites is 1. The fourth-order valence-electron chi connectivity index (χ4n) is 11.0. The molecule has 7 rings (SSSR count). The lowest BCUT2D eigenvalue weighted by Gasteiger charge is -2.31. The van der Waals surface area contributed by atoms with Gasteiger partial charge in [-0.1, -0.05) is 74.5 Å². The Morgan fingerprint density at radius 2 is 1.36 bits per heavy atom. The molecule has 2 aliphatic rings. The first-order chi connectivity index (χ1) is 45.7. The van der Waals surface area contributed by atoms with Crippen molar-refractivity contribution in [2.75, 3.05) is 19.7 Å². The number of primary amides is 1. The third-order valence-corrected chi connectivity index (χ3v) is 15.6. The van der Waals surface area contributed by atoms with Crippen molar-refractivity contribution in [1.29, 1.82) is 0 Å². The maximum Gasteiger partial charge on any atom is 0.337 e. The molecule has 13 amide bonds. The molecule has 32 nitrogen and oxygen atoms in total. The molecule has 2 fully saturated rings. The molecule has 3 aromatic carbocycles. The zero-order valence-electron chi connectivity index (χ0n) is 54.2. The third-order valence-electron chi connectivity index (χ3n) is 15.6. The Kier molecular flexibility index (Phi) is 26.0. The van der Waals surface area contributed by atoms with Crippen molar-refractivity contribution in [2.45, 2.75) is 159 Å². The largest absolute Gasteiger partial charge is 0.488 e. The molecule has 2 saturated heterocycles. The zero-order chi connectivity index (χ0) is 69.6. The number of rotatable bonds is 30. The van der Waals surface area contributed by atoms with Crippen LogP contribution in [0.15, 0.2) is 103 Å². The third kappa shape index (κ3) is 21.9. The maximum atomic E-state index is 15.1. The molecule has 2 aromatic heterocycles. The van der Waals surface area contributed by atoms with Gasteiger partial charge in [0.2, 0.25) is 41.4 Å². The number of benzene rings is 3. The number of aliphatic imine (C=N–C) groups is 1. The van der Waals surface area contributed by atoms with E-state index in [0.717, 1.165) is 5.01 Å². The van der Waals surface area contributed by atoms with Crippen LogP contribution in [0.2, 0.25) is 0 Å². The van der Waals surface area contributed by atoms with Crippen LogP contribution in [0.4, 0.5) is 9.59 Å². The van der Waals surface area contributed by atoms with Crippen LogP contribution < -0.4 is 75.4 Å². The van der Waals surface area contributed by atoms with Gasteiger partial charge < -0.3 is 79.1 Å². The quantitative estimate of drug-likeness (QED) is 0.0116. The first-order valence-corrected chi connectivity index (χ1v) is 31.6. The van der Waals surface area contributed by atoms with E-state index in [1.54, 1.807) is 92.8 Å². The first-order valence-electron chi connectivity index (χ1n) is 31.6. The number of carbonyl (C=O) groups is 11. The number of amides is 13. The highest BCUT2D eigenvalue weighted by Crippen LogP contribution is 2.23. The van der Waals surface area contributed by atoms with E-state index in [0.29, 0.717) is 45.5 Å². The Morgan fingerprint density at radius 3 is 2.00 bits per heavy atom. The van der Waals surface area contributed by atoms with Gasteiger partial charge in [0, 0.05) is 67.8 Å². The number of guanidine groups is 1. The Balaban J connectivity index is 1.15. The molecule has 8 atom stereocenters. The number of urea groups is 2. The number of aromatic amines is 2. The number of ether oxygens (including phenoxy) is 1. The summed E-state index contributed by atoms with van der Waals surface area (Å²) in [6.45, 7) is 8.01. The summed E-state index contributed by atoms with van der Waals surface area (Å²) < 4.78 is 6.03. The number of H-pyrrole nitrogens is 2. The molecule has 0 spiro atoms. The number of hydrogen-bond acceptors (Lipinski definition) is 15. The van der Waals surface area contributed by atoms with Crippen molar-refractivity contribution >= 4 is 82.1 Å². The van der Waals surface area contributed by atoms with Crippen LogP contribution in [0.25, 0.3) is 10.9 Å². The zero-order valence-corrected chi connectivity index (χ0v) is 54.2. The summed E-state index contributed by atoms with van der Waals surface area (Å²) in [4.78, 5) is 168. The van der Waals surface area contributed by atoms with Gasteiger partial charge in [-0.25, -0.2) is 25.0 Å². The Morgan fingerprint density at radius 1 is 0.719 bits per heavy atom. The van der Waals surface area contributed by atoms with Crippen molar-refractivity contribution in [2.24, 2.45) is 28.1 Å². The number of aromatic nitrogens is 3. The molecule has 19 N–H and O–H groups in total. The van der Waals surface area contributed by atoms with Crippen LogP contribution >= 0.6 is 0 Å². The van der Waals surface area contributed by atoms with Gasteiger partial charge in [0.05, 0.1) is 19.5 Å². The molecule has 0 radical (unpaired) electrons. The molecule has 96 heavy (non-hydrogen) atoms. The molecule has 0 aliphatic carbocycles. The van der Waals surface area contributed by atoms with Gasteiger partial charge >= 0.3 is 12.1 Å². The van der Waals surface area contributed by atoms with Crippen LogP contribution in [-0.4, -0.2) is 175 Å². The van der Waals surface area contributed by atoms with Crippen LogP contribution in [0.3, 0.4) is 0 Å². The predicted octanol–water partition coefficient (Wildman–Crippen LogP) is -0.807. The van der Waals surface area contributed by atoms with E-state index in [2.05, 4.69) is 68.0 Å². The van der Waals surface area contributed by atoms with Crippen molar-refractivity contribution in [1.82, 2.24) is 78.4 Å². The van der Waals surface area contributed by atoms with E-state index < -0.39 is 120 Å². The number of carbonyl (C=O) groups excluding carboxylic acids is 11. The molecule has 5 aromatic rings. The lowest BCUT2D eigenvalue weighted by Crippen LogP contribution is -2.62. The number of hydrazine groups is 2. The van der Waals surface area contributed by atoms with Crippen LogP contribution in [0.1, 0.15) is 102 Å². The second kappa shape index (κ2) is 34.4. The van der Waals surface area contributed by atoms with Gasteiger partial charge in [0.15, 0.2) is 5.96 Å². The topological polar surface area (TPSA) is 479 Å². The average molecular weight is 1330 g/mol. The summed E-state index contributed by atoms with van der Waals surface area (Å²) in [6.07, 6.45) is 5.02. The summed E-state index contributed by atoms with van der Waals surface area (Å²) >= 11 is 0. The van der Waals surface area contributed by atoms with Gasteiger partial charge in [-0.15, -0.1) is 0 Å². The standard InChI is InChI=1S/C64H87N19O13/c1-36(2)27-46(54(87)73-45(17-11-25-69-61(65)66)60(93)82-26-12-18-51(82)59(92)79-80-62(67)94)78-63(95)83(33-38-13-7-6-8-14-38)81-58(91)47(28-37-19-21-41(22-20-37)96-64(3,4)5)74-57(90)50(34-84)77-55(88)48(29-39-31-70-43-16-10-9-15-42(39)43)75-56(89)49(30-40-32-68-35-71-40)76-53(86)44-23-24-52(85)72-44/h6-10,13-16,19-22,31-32,35-36,44-51,70,84H,11-12,17-18,23-30,33-34H2,1-5H3,(H,68,71)(H,72,85)(H,73,87)(H,74,90)(H,75,89)(H,76,86)(H,77,88)(H,78,95)(H,79,92)(H,81,91)(H4,65,66,69)(H3,67,80,94)/t44-,45-,46-,47-,48-,49-,50-,51-/m0/s1. The Bertz CT molecular complexity index is 3560. The molecule has 0 saturated carbocycles. The van der Waals surface area contributed by atoms with Crippen molar-refractivity contribution in [3.05, 3.63) is 120 Å². The van der Waals surface area contributed by atoms with Crippen molar-refractivity contribution < 1.29 is 62.6 Å². The fraction of sp³-hybridized carbons (Fsp3) is 0.453. The Hall–Kier alpha value is -10.8. The highest BCUT2D eigenvalue weighted by atomic mass is 16.5. The van der Waals surface area contributed by atoms with Crippen LogP contribution in [0, 0.1) is 5.92 Å². The number of hydrogen-bond donors (Lipinski definition) is 16. The number of nitrogens with zero attached hydrogens (tertiary/aromatic N) is 4. The summed E-state index contributed by atoms with van der Waals surface area (Å²) in [5.74, 6) is -6.96. The normalized spacial score (nSPS) is 16.2. The lowest BCUT2D eigenvalue weighted by molar-refractivity contribution is -0.142. The summed E-state index contributed by atoms with van der Waals surface area (Å²) in [6, 6.07) is 9.44. The highest BCUT2D eigenvalue weighted by Gasteiger charge is 2.40. The van der Waals surface area contributed by atoms with Crippen LogP contribution in [0.5, 0.6) is 5.75 Å². The monoisotopic (exact) mass is 1330 g/mol. The van der Waals surface area contributed by atoms with E-state index in [4.69, 9.17) is 21.9 Å². The minimum Gasteiger partial charge on any atom is -0.488 e. The number of aliphatic hydroxyl groups excluding tert-OH is 1. The SMILES string of the molecule is CC(C)C[C@H](NC(=O)N(Cc1ccccc1)NC(=O)[C@H](Cc1ccc(OC(C)(C)C)cc1)NC(=O)[C@H](CO)NC(=O)[C@H](Cc1c[nH]c2ccccc12)NC(=O)[C@H](Cc1cnc[nH]1)NC(=O)[C@@H]1CCC(=O)N1)C(=O)N[C@@H](CCCN=C(N)N)C(=O)N1CCC[C@H]1C(=O)NNC(N)=O. The molecule has 4 heterocycles. The second-order valence-electron chi connectivity index (χ2n) is 24.9. The predicted molar refractivity (Wildman–Crippen MR) is 350 cm³/mol. The van der Waals surface area contributed by atoms with Gasteiger partial charge in [-0.05, 0) is 100 Å². The Labute approximate surface area is 553 Å². The summed E-state index contributed by atoms with van der Waals surface area (Å²) in [5, 5.41) is 31.3. The van der Waals surface area contributed by atoms with E-state index in [9.17, 15) is 53.1 Å². The molecule has 32 heteroatoms. The summed E-state index contributed by atoms with van der Waals surface area (Å²) in [5.41, 5.74) is 25.2. The number of nitrogens with one attached hydrogen (secondary N) is 12. The van der Waals surface area contributed by atoms with Gasteiger partial charge in [-0.3, -0.25) is 59.0 Å². The smallest absolute Gasteiger partial charge is 0.337 e. The summed E-state index contributed by atoms with van der Waals surface area (Å²) in [7, 11) is 0. The first kappa shape index (κ1) is 72.6. The van der Waals surface area contributed by atoms with E-state index in [1.807, 2.05) is 32.3 Å². The molecule has 0 bridgehead atoms. The number of imidazole rings is 1. The average Bonchev–Trinajstić information content (AvgIpc) is 1.63. The lowest BCUT2D eigenvalue weighted by atomic mass is 10.0. The molecule has 2 aliphatic heterocycles. The number of likely N-dealkylation sites (tertiary alicyclic amines) is 1. The van der Waals surface area contributed by atoms with Gasteiger partial charge in [-0.2, -0.15) is 0 Å². The molecule has 516 valence electrons. The van der Waals surface area contributed by atoms with Crippen molar-refractivity contribution in [3.8, 4) is 5.75 Å². The fourth-order valence-corrected chi connectivity index (χ4v) is 11.0. The van der Waals surface area contributed by atoms with Crippen molar-refractivity contribution in [3.63, 3.8) is 0 Å². The van der Waals surface area contributed by atoms with E-state index in [-0.39, 0.29) is 95.2 Å². The molecular weight excluding hydrogens is 1240 g/mol. The van der Waals surface area contributed by atoms with Crippen LogP contribution in [-0.2, 0) is 69.0 Å². The molecular formula is C64H87N19O13. The van der Waals surface area contributed by atoms with E-state index in [1.165, 1.54) is 17.4 Å². The molecule has 0 unspecified atom stereocenters. The minimum absolute atomic E-state index is 0.00493. The maximum absolute atomic E-state index is 15.1. The number of nitrogens with two attached hydrogens (primary N) is 3. The number of fused-ring (bicyclic) bond motifs is 1. The minimum atomic E-state index is -1.79. The van der Waals surface area contributed by atoms with Gasteiger partial charge in [0.1, 0.15) is 59.7 Å². The highest BCUT2D eigenvalue weighted by molar-refractivity contribution is 5.99.